The van der Waals surface area contributed by atoms with Crippen LogP contribution in [0.4, 0.5) is 21.9 Å². The van der Waals surface area contributed by atoms with Crippen LogP contribution in [0.3, 0.4) is 0 Å². The lowest BCUT2D eigenvalue weighted by Crippen LogP contribution is -2.20. The summed E-state index contributed by atoms with van der Waals surface area (Å²) in [4.78, 5) is 23.0. The predicted molar refractivity (Wildman–Crippen MR) is 92.5 cm³/mol. The SMILES string of the molecule is CC(=O)Nc1cccc(NC(=O)Nc2ccccc2I)c1. The molecule has 3 N–H and O–H groups in total. The van der Waals surface area contributed by atoms with Gasteiger partial charge in [-0.1, -0.05) is 18.2 Å². The van der Waals surface area contributed by atoms with Gasteiger partial charge in [-0.3, -0.25) is 4.79 Å². The van der Waals surface area contributed by atoms with Gasteiger partial charge in [0.05, 0.1) is 5.69 Å². The zero-order valence-electron chi connectivity index (χ0n) is 11.3. The molecular formula is C15H14IN3O2. The molecule has 0 saturated heterocycles. The zero-order chi connectivity index (χ0) is 15.2. The highest BCUT2D eigenvalue weighted by atomic mass is 127. The van der Waals surface area contributed by atoms with Gasteiger partial charge < -0.3 is 16.0 Å². The van der Waals surface area contributed by atoms with Crippen LogP contribution in [-0.2, 0) is 4.79 Å². The highest BCUT2D eigenvalue weighted by Crippen LogP contribution is 2.18. The Hall–Kier alpha value is -2.09. The van der Waals surface area contributed by atoms with Gasteiger partial charge in [0.1, 0.15) is 0 Å². The Morgan fingerprint density at radius 2 is 1.57 bits per heavy atom. The number of hydrogen-bond donors (Lipinski definition) is 3. The third-order valence-corrected chi connectivity index (χ3v) is 3.50. The molecular weight excluding hydrogens is 381 g/mol. The highest BCUT2D eigenvalue weighted by molar-refractivity contribution is 14.1. The minimum Gasteiger partial charge on any atom is -0.326 e. The molecule has 3 amide bonds. The van der Waals surface area contributed by atoms with Crippen molar-refractivity contribution in [1.82, 2.24) is 0 Å². The van der Waals surface area contributed by atoms with E-state index < -0.39 is 0 Å². The van der Waals surface area contributed by atoms with Crippen LogP contribution in [0.1, 0.15) is 6.92 Å². The van der Waals surface area contributed by atoms with Crippen molar-refractivity contribution in [1.29, 1.82) is 0 Å². The summed E-state index contributed by atoms with van der Waals surface area (Å²) < 4.78 is 0.956. The second kappa shape index (κ2) is 7.07. The Bertz CT molecular complexity index is 673. The normalized spacial score (nSPS) is 9.81. The summed E-state index contributed by atoms with van der Waals surface area (Å²) in [5.41, 5.74) is 1.98. The predicted octanol–water partition coefficient (Wildman–Crippen LogP) is 3.89. The molecule has 2 aromatic carbocycles. The van der Waals surface area contributed by atoms with E-state index in [9.17, 15) is 9.59 Å². The average molecular weight is 395 g/mol. The van der Waals surface area contributed by atoms with Crippen LogP contribution in [0.5, 0.6) is 0 Å². The quantitative estimate of drug-likeness (QED) is 0.691. The topological polar surface area (TPSA) is 70.2 Å². The van der Waals surface area contributed by atoms with Gasteiger partial charge in [0.2, 0.25) is 5.91 Å². The van der Waals surface area contributed by atoms with Gasteiger partial charge in [-0.25, -0.2) is 4.79 Å². The standard InChI is InChI=1S/C15H14IN3O2/c1-10(20)17-11-5-4-6-12(9-11)18-15(21)19-14-8-3-2-7-13(14)16/h2-9H,1H3,(H,17,20)(H2,18,19,21). The van der Waals surface area contributed by atoms with Crippen LogP contribution in [0.25, 0.3) is 0 Å². The second-order valence-electron chi connectivity index (χ2n) is 4.32. The van der Waals surface area contributed by atoms with E-state index in [1.807, 2.05) is 24.3 Å². The number of rotatable bonds is 3. The Morgan fingerprint density at radius 3 is 2.24 bits per heavy atom. The van der Waals surface area contributed by atoms with Gasteiger partial charge in [0.15, 0.2) is 0 Å². The summed E-state index contributed by atoms with van der Waals surface area (Å²) in [5, 5.41) is 8.17. The van der Waals surface area contributed by atoms with Gasteiger partial charge in [0, 0.05) is 21.9 Å². The Labute approximate surface area is 136 Å². The van der Waals surface area contributed by atoms with E-state index in [-0.39, 0.29) is 11.9 Å². The number of para-hydroxylation sites is 1. The zero-order valence-corrected chi connectivity index (χ0v) is 13.5. The Balaban J connectivity index is 2.03. The fraction of sp³-hybridized carbons (Fsp3) is 0.0667. The number of carbonyl (C=O) groups excluding carboxylic acids is 2. The van der Waals surface area contributed by atoms with Crippen LogP contribution < -0.4 is 16.0 Å². The third kappa shape index (κ3) is 4.75. The number of nitrogens with one attached hydrogen (secondary N) is 3. The summed E-state index contributed by atoms with van der Waals surface area (Å²) in [6.07, 6.45) is 0. The molecule has 0 aliphatic heterocycles. The molecule has 0 radical (unpaired) electrons. The van der Waals surface area contributed by atoms with E-state index in [0.717, 1.165) is 9.26 Å². The lowest BCUT2D eigenvalue weighted by molar-refractivity contribution is -0.114. The third-order valence-electron chi connectivity index (χ3n) is 2.56. The molecule has 0 aliphatic rings. The molecule has 0 fully saturated rings. The van der Waals surface area contributed by atoms with Gasteiger partial charge in [-0.2, -0.15) is 0 Å². The van der Waals surface area contributed by atoms with Gasteiger partial charge in [-0.05, 0) is 52.9 Å². The number of benzene rings is 2. The van der Waals surface area contributed by atoms with E-state index in [2.05, 4.69) is 38.5 Å². The van der Waals surface area contributed by atoms with E-state index in [4.69, 9.17) is 0 Å². The number of halogens is 1. The molecule has 2 rings (SSSR count). The molecule has 6 heteroatoms. The van der Waals surface area contributed by atoms with E-state index in [1.165, 1.54) is 6.92 Å². The van der Waals surface area contributed by atoms with Crippen molar-refractivity contribution in [2.75, 3.05) is 16.0 Å². The van der Waals surface area contributed by atoms with Crippen LogP contribution in [0.15, 0.2) is 48.5 Å². The van der Waals surface area contributed by atoms with E-state index >= 15 is 0 Å². The molecule has 2 aromatic rings. The molecule has 0 aliphatic carbocycles. The molecule has 108 valence electrons. The average Bonchev–Trinajstić information content (AvgIpc) is 2.41. The largest absolute Gasteiger partial charge is 0.326 e. The van der Waals surface area contributed by atoms with Gasteiger partial charge >= 0.3 is 6.03 Å². The smallest absolute Gasteiger partial charge is 0.323 e. The number of urea groups is 1. The number of anilines is 3. The fourth-order valence-electron chi connectivity index (χ4n) is 1.73. The molecule has 0 aromatic heterocycles. The molecule has 21 heavy (non-hydrogen) atoms. The second-order valence-corrected chi connectivity index (χ2v) is 5.48. The molecule has 0 atom stereocenters. The molecule has 0 spiro atoms. The maximum atomic E-state index is 12.0. The van der Waals surface area contributed by atoms with Crippen LogP contribution in [0, 0.1) is 3.57 Å². The van der Waals surface area contributed by atoms with Crippen molar-refractivity contribution in [2.24, 2.45) is 0 Å². The number of carbonyl (C=O) groups is 2. The first-order valence-corrected chi connectivity index (χ1v) is 7.32. The Kier molecular flexibility index (Phi) is 5.15. The summed E-state index contributed by atoms with van der Waals surface area (Å²) in [5.74, 6) is -0.157. The minimum atomic E-state index is -0.334. The Morgan fingerprint density at radius 1 is 0.905 bits per heavy atom. The maximum Gasteiger partial charge on any atom is 0.323 e. The van der Waals surface area contributed by atoms with Crippen molar-refractivity contribution < 1.29 is 9.59 Å². The monoisotopic (exact) mass is 395 g/mol. The number of amides is 3. The van der Waals surface area contributed by atoms with Crippen molar-refractivity contribution in [3.8, 4) is 0 Å². The lowest BCUT2D eigenvalue weighted by atomic mass is 10.2. The summed E-state index contributed by atoms with van der Waals surface area (Å²) in [7, 11) is 0. The summed E-state index contributed by atoms with van der Waals surface area (Å²) in [6, 6.07) is 14.1. The van der Waals surface area contributed by atoms with Crippen molar-refractivity contribution in [3.63, 3.8) is 0 Å². The molecule has 5 nitrogen and oxygen atoms in total. The maximum absolute atomic E-state index is 12.0. The minimum absolute atomic E-state index is 0.157. The molecule has 0 saturated carbocycles. The highest BCUT2D eigenvalue weighted by Gasteiger charge is 2.05. The number of hydrogen-bond acceptors (Lipinski definition) is 2. The first-order chi connectivity index (χ1) is 10.0. The van der Waals surface area contributed by atoms with Crippen molar-refractivity contribution in [2.45, 2.75) is 6.92 Å². The molecule has 0 unspecified atom stereocenters. The van der Waals surface area contributed by atoms with Crippen LogP contribution in [-0.4, -0.2) is 11.9 Å². The van der Waals surface area contributed by atoms with Gasteiger partial charge in [0.25, 0.3) is 0 Å². The summed E-state index contributed by atoms with van der Waals surface area (Å²) in [6.45, 7) is 1.43. The van der Waals surface area contributed by atoms with Crippen LogP contribution >= 0.6 is 22.6 Å². The molecule has 0 heterocycles. The molecule has 0 bridgehead atoms. The fourth-order valence-corrected chi connectivity index (χ4v) is 2.25. The first kappa shape index (κ1) is 15.3. The summed E-state index contributed by atoms with van der Waals surface area (Å²) >= 11 is 2.15. The first-order valence-electron chi connectivity index (χ1n) is 6.25. The van der Waals surface area contributed by atoms with Crippen LogP contribution in [0.2, 0.25) is 0 Å². The van der Waals surface area contributed by atoms with E-state index in [0.29, 0.717) is 11.4 Å². The van der Waals surface area contributed by atoms with Crippen molar-refractivity contribution in [3.05, 3.63) is 52.1 Å². The lowest BCUT2D eigenvalue weighted by Gasteiger charge is -2.10. The van der Waals surface area contributed by atoms with Crippen molar-refractivity contribution >= 4 is 51.6 Å². The van der Waals surface area contributed by atoms with Gasteiger partial charge in [-0.15, -0.1) is 0 Å². The van der Waals surface area contributed by atoms with E-state index in [1.54, 1.807) is 24.3 Å².